The Morgan fingerprint density at radius 2 is 2.12 bits per heavy atom. The van der Waals surface area contributed by atoms with Crippen molar-refractivity contribution in [1.82, 2.24) is 0 Å². The van der Waals surface area contributed by atoms with Crippen molar-refractivity contribution in [3.8, 4) is 0 Å². The van der Waals surface area contributed by atoms with E-state index in [1.165, 1.54) is 18.8 Å². The summed E-state index contributed by atoms with van der Waals surface area (Å²) in [6.45, 7) is 0. The van der Waals surface area contributed by atoms with E-state index in [9.17, 15) is 0 Å². The molecule has 0 rings (SSSR count). The van der Waals surface area contributed by atoms with E-state index in [1.807, 2.05) is 6.26 Å². The van der Waals surface area contributed by atoms with Gasteiger partial charge in [0, 0.05) is 51.4 Å². The van der Waals surface area contributed by atoms with Crippen LogP contribution in [0.3, 0.4) is 0 Å². The molecule has 0 aromatic rings. The van der Waals surface area contributed by atoms with Gasteiger partial charge in [-0.15, -0.1) is 0 Å². The SMILES string of the molecule is CSC(S)=[N+](C)O.[K]. The van der Waals surface area contributed by atoms with Gasteiger partial charge in [0.15, 0.2) is 7.05 Å². The van der Waals surface area contributed by atoms with Crippen LogP contribution in [-0.4, -0.2) is 79.0 Å². The van der Waals surface area contributed by atoms with Gasteiger partial charge in [0.2, 0.25) is 0 Å². The third-order valence-electron chi connectivity index (χ3n) is 0.459. The van der Waals surface area contributed by atoms with E-state index >= 15 is 0 Å². The van der Waals surface area contributed by atoms with Gasteiger partial charge in [-0.1, -0.05) is 12.6 Å². The van der Waals surface area contributed by atoms with Crippen LogP contribution in [0.2, 0.25) is 0 Å². The molecule has 0 aromatic heterocycles. The number of rotatable bonds is 0. The van der Waals surface area contributed by atoms with Crippen LogP contribution in [0.4, 0.5) is 0 Å². The van der Waals surface area contributed by atoms with Gasteiger partial charge in [0.25, 0.3) is 0 Å². The van der Waals surface area contributed by atoms with Gasteiger partial charge in [0.1, 0.15) is 0 Å². The van der Waals surface area contributed by atoms with Gasteiger partial charge in [0.05, 0.1) is 0 Å². The summed E-state index contributed by atoms with van der Waals surface area (Å²) in [7, 11) is 1.53. The number of hydrogen-bond donors (Lipinski definition) is 2. The zero-order chi connectivity index (χ0) is 5.86. The molecule has 2 nitrogen and oxygen atoms in total. The smallest absolute Gasteiger partial charge is 0.289 e. The van der Waals surface area contributed by atoms with Crippen molar-refractivity contribution in [2.45, 2.75) is 0 Å². The zero-order valence-electron chi connectivity index (χ0n) is 5.25. The first-order chi connectivity index (χ1) is 3.18. The number of hydroxylamine groups is 1. The van der Waals surface area contributed by atoms with E-state index in [2.05, 4.69) is 12.6 Å². The first kappa shape index (κ1) is 12.5. The summed E-state index contributed by atoms with van der Waals surface area (Å²) in [4.78, 5) is 0. The van der Waals surface area contributed by atoms with E-state index in [1.54, 1.807) is 0 Å². The van der Waals surface area contributed by atoms with Gasteiger partial charge in [-0.25, -0.2) is 0 Å². The average molecular weight is 177 g/mol. The van der Waals surface area contributed by atoms with Crippen molar-refractivity contribution in [3.63, 3.8) is 0 Å². The minimum absolute atomic E-state index is 0. The fourth-order valence-electron chi connectivity index (χ4n) is 0.132. The molecule has 0 atom stereocenters. The molecule has 0 bridgehead atoms. The maximum Gasteiger partial charge on any atom is 0.315 e. The first-order valence-corrected chi connectivity index (χ1v) is 3.38. The Labute approximate surface area is 102 Å². The van der Waals surface area contributed by atoms with Crippen molar-refractivity contribution in [2.75, 3.05) is 13.3 Å². The number of nitrogens with zero attached hydrogens (tertiary/aromatic N) is 1. The molecule has 0 saturated carbocycles. The normalized spacial score (nSPS) is 11.9. The van der Waals surface area contributed by atoms with E-state index in [0.29, 0.717) is 4.38 Å². The molecule has 1 radical (unpaired) electrons. The van der Waals surface area contributed by atoms with Crippen molar-refractivity contribution < 1.29 is 9.95 Å². The molecule has 8 heavy (non-hydrogen) atoms. The second-order valence-electron chi connectivity index (χ2n) is 1.01. The molecule has 0 aliphatic heterocycles. The molecule has 0 spiro atoms. The first-order valence-electron chi connectivity index (χ1n) is 1.71. The fourth-order valence-corrected chi connectivity index (χ4v) is 0.396. The Bertz CT molecular complexity index is 91.3. The topological polar surface area (TPSA) is 23.2 Å². The van der Waals surface area contributed by atoms with Crippen LogP contribution in [0.1, 0.15) is 0 Å². The van der Waals surface area contributed by atoms with Crippen LogP contribution >= 0.6 is 24.4 Å². The van der Waals surface area contributed by atoms with Gasteiger partial charge in [-0.05, 0) is 22.8 Å². The average Bonchev–Trinajstić information content (AvgIpc) is 1.65. The summed E-state index contributed by atoms with van der Waals surface area (Å²) in [5.74, 6) is 0. The molecule has 1 N–H and O–H groups in total. The van der Waals surface area contributed by atoms with Crippen LogP contribution < -0.4 is 0 Å². The molecule has 0 aliphatic carbocycles. The third-order valence-corrected chi connectivity index (χ3v) is 1.93. The number of thioether (sulfide) groups is 1. The molecule has 0 fully saturated rings. The van der Waals surface area contributed by atoms with Crippen LogP contribution in [0.15, 0.2) is 0 Å². The number of hydrogen-bond acceptors (Lipinski definition) is 2. The largest absolute Gasteiger partial charge is 0.315 e. The molecule has 43 valence electrons. The summed E-state index contributed by atoms with van der Waals surface area (Å²) in [6.07, 6.45) is 1.84. The van der Waals surface area contributed by atoms with Gasteiger partial charge in [-0.3, -0.25) is 5.21 Å². The van der Waals surface area contributed by atoms with Crippen molar-refractivity contribution in [1.29, 1.82) is 0 Å². The van der Waals surface area contributed by atoms with E-state index in [0.717, 1.165) is 4.74 Å². The van der Waals surface area contributed by atoms with Crippen molar-refractivity contribution in [2.24, 2.45) is 0 Å². The van der Waals surface area contributed by atoms with Gasteiger partial charge < -0.3 is 0 Å². The molecule has 0 heterocycles. The summed E-state index contributed by atoms with van der Waals surface area (Å²) in [5, 5.41) is 8.52. The maximum atomic E-state index is 8.52. The molecular formula is C3H8KNOS2+. The molecule has 0 amide bonds. The summed E-state index contributed by atoms with van der Waals surface area (Å²) in [6, 6.07) is 0. The standard InChI is InChI=1S/C3H7NOS2.K/c1-4(5)3(6)7-2;/h5H,1-2H3;/p+1. The Morgan fingerprint density at radius 1 is 1.75 bits per heavy atom. The Kier molecular flexibility index (Phi) is 10.8. The molecular weight excluding hydrogens is 169 g/mol. The zero-order valence-corrected chi connectivity index (χ0v) is 10.1. The monoisotopic (exact) mass is 177 g/mol. The van der Waals surface area contributed by atoms with E-state index in [-0.39, 0.29) is 51.4 Å². The van der Waals surface area contributed by atoms with Crippen molar-refractivity contribution in [3.05, 3.63) is 0 Å². The second kappa shape index (κ2) is 6.92. The number of thiol groups is 1. The van der Waals surface area contributed by atoms with Crippen LogP contribution in [-0.2, 0) is 0 Å². The van der Waals surface area contributed by atoms with Crippen LogP contribution in [0.25, 0.3) is 0 Å². The predicted octanol–water partition coefficient (Wildman–Crippen LogP) is 0.286. The van der Waals surface area contributed by atoms with Crippen LogP contribution in [0, 0.1) is 0 Å². The third kappa shape index (κ3) is 5.93. The van der Waals surface area contributed by atoms with Gasteiger partial charge in [-0.2, -0.15) is 0 Å². The summed E-state index contributed by atoms with van der Waals surface area (Å²) in [5.41, 5.74) is 0. The summed E-state index contributed by atoms with van der Waals surface area (Å²) >= 11 is 5.27. The predicted molar refractivity (Wildman–Crippen MR) is 41.2 cm³/mol. The summed E-state index contributed by atoms with van der Waals surface area (Å²) < 4.78 is 1.56. The van der Waals surface area contributed by atoms with Crippen molar-refractivity contribution >= 4 is 80.2 Å². The minimum Gasteiger partial charge on any atom is -0.289 e. The Hall–Kier alpha value is 1.81. The molecule has 0 unspecified atom stereocenters. The fraction of sp³-hybridized carbons (Fsp3) is 0.667. The minimum atomic E-state index is 0. The Morgan fingerprint density at radius 3 is 2.12 bits per heavy atom. The maximum absolute atomic E-state index is 8.52. The molecule has 0 saturated heterocycles. The van der Waals surface area contributed by atoms with E-state index < -0.39 is 0 Å². The second-order valence-corrected chi connectivity index (χ2v) is 2.53. The molecule has 5 heteroatoms. The van der Waals surface area contributed by atoms with E-state index in [4.69, 9.17) is 5.21 Å². The van der Waals surface area contributed by atoms with Gasteiger partial charge >= 0.3 is 4.38 Å². The molecule has 0 aliphatic rings. The quantitative estimate of drug-likeness (QED) is 0.106. The van der Waals surface area contributed by atoms with Crippen LogP contribution in [0.5, 0.6) is 0 Å². The Balaban J connectivity index is 0. The molecule has 0 aromatic carbocycles.